The van der Waals surface area contributed by atoms with Gasteiger partial charge in [-0.3, -0.25) is 4.79 Å². The number of carboxylic acid groups (broad SMARTS) is 1. The van der Waals surface area contributed by atoms with Crippen molar-refractivity contribution in [3.05, 3.63) is 40.9 Å². The molecule has 0 saturated carbocycles. The molecule has 1 aromatic heterocycles. The van der Waals surface area contributed by atoms with E-state index in [0.29, 0.717) is 17.4 Å². The molecule has 5 nitrogen and oxygen atoms in total. The van der Waals surface area contributed by atoms with Gasteiger partial charge in [0, 0.05) is 18.2 Å². The second kappa shape index (κ2) is 6.31. The number of anilines is 2. The first-order valence-corrected chi connectivity index (χ1v) is 6.56. The molecule has 0 fully saturated rings. The van der Waals surface area contributed by atoms with Crippen LogP contribution in [-0.2, 0) is 22.6 Å². The Labute approximate surface area is 114 Å². The summed E-state index contributed by atoms with van der Waals surface area (Å²) >= 11 is 1.39. The molecule has 2 rings (SSSR count). The average molecular weight is 278 g/mol. The van der Waals surface area contributed by atoms with Gasteiger partial charge in [0.2, 0.25) is 0 Å². The monoisotopic (exact) mass is 278 g/mol. The van der Waals surface area contributed by atoms with Crippen molar-refractivity contribution >= 4 is 28.1 Å². The van der Waals surface area contributed by atoms with Crippen molar-refractivity contribution in [2.75, 3.05) is 12.4 Å². The summed E-state index contributed by atoms with van der Waals surface area (Å²) in [6.07, 6.45) is -0.0537. The molecule has 0 aliphatic rings. The minimum Gasteiger partial charge on any atom is -0.481 e. The van der Waals surface area contributed by atoms with E-state index in [2.05, 4.69) is 10.3 Å². The normalized spacial score (nSPS) is 10.4. The third-order valence-corrected chi connectivity index (χ3v) is 3.18. The molecule has 2 aromatic rings. The van der Waals surface area contributed by atoms with Gasteiger partial charge in [0.1, 0.15) is 0 Å². The number of rotatable bonds is 6. The van der Waals surface area contributed by atoms with Gasteiger partial charge in [-0.1, -0.05) is 12.1 Å². The first-order valence-electron chi connectivity index (χ1n) is 5.68. The molecule has 0 amide bonds. The van der Waals surface area contributed by atoms with Crippen molar-refractivity contribution in [3.8, 4) is 0 Å². The minimum absolute atomic E-state index is 0.0537. The van der Waals surface area contributed by atoms with Gasteiger partial charge < -0.3 is 15.2 Å². The molecule has 0 bridgehead atoms. The van der Waals surface area contributed by atoms with Gasteiger partial charge in [0.25, 0.3) is 0 Å². The predicted molar refractivity (Wildman–Crippen MR) is 73.9 cm³/mol. The van der Waals surface area contributed by atoms with Crippen LogP contribution in [0.5, 0.6) is 0 Å². The summed E-state index contributed by atoms with van der Waals surface area (Å²) < 4.78 is 5.07. The molecule has 0 unspecified atom stereocenters. The quantitative estimate of drug-likeness (QED) is 0.850. The van der Waals surface area contributed by atoms with Crippen LogP contribution < -0.4 is 5.32 Å². The van der Waals surface area contributed by atoms with Crippen LogP contribution >= 0.6 is 11.3 Å². The Morgan fingerprint density at radius 1 is 1.53 bits per heavy atom. The summed E-state index contributed by atoms with van der Waals surface area (Å²) in [5.41, 5.74) is 2.54. The molecule has 1 aromatic carbocycles. The topological polar surface area (TPSA) is 71.5 Å². The Kier molecular flexibility index (Phi) is 4.48. The first-order chi connectivity index (χ1) is 9.17. The molecule has 100 valence electrons. The third-order valence-electron chi connectivity index (χ3n) is 2.37. The number of nitrogens with one attached hydrogen (secondary N) is 1. The predicted octanol–water partition coefficient (Wildman–Crippen LogP) is 2.66. The largest absolute Gasteiger partial charge is 0.481 e. The van der Waals surface area contributed by atoms with Crippen LogP contribution in [0.4, 0.5) is 10.8 Å². The van der Waals surface area contributed by atoms with Crippen molar-refractivity contribution in [1.29, 1.82) is 0 Å². The highest BCUT2D eigenvalue weighted by atomic mass is 32.1. The number of benzene rings is 1. The van der Waals surface area contributed by atoms with E-state index in [1.54, 1.807) is 12.5 Å². The van der Waals surface area contributed by atoms with Crippen molar-refractivity contribution in [2.45, 2.75) is 13.0 Å². The summed E-state index contributed by atoms with van der Waals surface area (Å²) in [5.74, 6) is -0.876. The summed E-state index contributed by atoms with van der Waals surface area (Å²) in [6, 6.07) is 7.81. The van der Waals surface area contributed by atoms with Crippen LogP contribution in [0, 0.1) is 0 Å². The highest BCUT2D eigenvalue weighted by Crippen LogP contribution is 2.22. The second-order valence-electron chi connectivity index (χ2n) is 3.97. The fraction of sp³-hybridized carbons (Fsp3) is 0.231. The standard InChI is InChI=1S/C13H14N2O3S/c1-18-7-9-3-2-4-10(5-9)14-13-15-11(8-19-13)6-12(16)17/h2-5,8H,6-7H2,1H3,(H,14,15)(H,16,17). The number of carbonyl (C=O) groups is 1. The van der Waals surface area contributed by atoms with Crippen molar-refractivity contribution in [1.82, 2.24) is 4.98 Å². The fourth-order valence-corrected chi connectivity index (χ4v) is 2.36. The summed E-state index contributed by atoms with van der Waals surface area (Å²) in [4.78, 5) is 14.8. The molecule has 0 radical (unpaired) electrons. The molecule has 2 N–H and O–H groups in total. The van der Waals surface area contributed by atoms with Gasteiger partial charge in [-0.05, 0) is 17.7 Å². The summed E-state index contributed by atoms with van der Waals surface area (Å²) in [6.45, 7) is 0.553. The van der Waals surface area contributed by atoms with E-state index in [9.17, 15) is 4.79 Å². The number of hydrogen-bond acceptors (Lipinski definition) is 5. The molecule has 0 aliphatic carbocycles. The van der Waals surface area contributed by atoms with Crippen LogP contribution in [0.25, 0.3) is 0 Å². The Hall–Kier alpha value is -1.92. The van der Waals surface area contributed by atoms with Crippen LogP contribution in [-0.4, -0.2) is 23.2 Å². The number of ether oxygens (including phenoxy) is 1. The van der Waals surface area contributed by atoms with E-state index in [-0.39, 0.29) is 6.42 Å². The van der Waals surface area contributed by atoms with E-state index < -0.39 is 5.97 Å². The zero-order valence-corrected chi connectivity index (χ0v) is 11.2. The number of aromatic nitrogens is 1. The van der Waals surface area contributed by atoms with Gasteiger partial charge in [-0.2, -0.15) is 0 Å². The number of hydrogen-bond donors (Lipinski definition) is 2. The zero-order valence-electron chi connectivity index (χ0n) is 10.4. The van der Waals surface area contributed by atoms with Crippen LogP contribution in [0.1, 0.15) is 11.3 Å². The molecule has 0 atom stereocenters. The Morgan fingerprint density at radius 3 is 3.11 bits per heavy atom. The second-order valence-corrected chi connectivity index (χ2v) is 4.83. The molecule has 0 aliphatic heterocycles. The van der Waals surface area contributed by atoms with E-state index >= 15 is 0 Å². The lowest BCUT2D eigenvalue weighted by Gasteiger charge is -2.05. The van der Waals surface area contributed by atoms with E-state index in [4.69, 9.17) is 9.84 Å². The van der Waals surface area contributed by atoms with Crippen LogP contribution in [0.15, 0.2) is 29.6 Å². The number of nitrogens with zero attached hydrogens (tertiary/aromatic N) is 1. The molecule has 1 heterocycles. The van der Waals surface area contributed by atoms with Gasteiger partial charge in [-0.25, -0.2) is 4.98 Å². The number of methoxy groups -OCH3 is 1. The third kappa shape index (κ3) is 4.04. The minimum atomic E-state index is -0.876. The van der Waals surface area contributed by atoms with Crippen molar-refractivity contribution in [2.24, 2.45) is 0 Å². The maximum absolute atomic E-state index is 10.6. The SMILES string of the molecule is COCc1cccc(Nc2nc(CC(=O)O)cs2)c1. The molecule has 0 saturated heterocycles. The van der Waals surface area contributed by atoms with E-state index in [0.717, 1.165) is 11.3 Å². The van der Waals surface area contributed by atoms with Gasteiger partial charge >= 0.3 is 5.97 Å². The molecule has 19 heavy (non-hydrogen) atoms. The fourth-order valence-electron chi connectivity index (χ4n) is 1.63. The zero-order chi connectivity index (χ0) is 13.7. The first kappa shape index (κ1) is 13.5. The van der Waals surface area contributed by atoms with Gasteiger partial charge in [-0.15, -0.1) is 11.3 Å². The van der Waals surface area contributed by atoms with Gasteiger partial charge in [0.05, 0.1) is 18.7 Å². The van der Waals surface area contributed by atoms with Crippen molar-refractivity contribution in [3.63, 3.8) is 0 Å². The molecule has 0 spiro atoms. The maximum atomic E-state index is 10.6. The smallest absolute Gasteiger partial charge is 0.309 e. The molecular formula is C13H14N2O3S. The highest BCUT2D eigenvalue weighted by Gasteiger charge is 2.06. The maximum Gasteiger partial charge on any atom is 0.309 e. The number of aliphatic carboxylic acids is 1. The Bertz CT molecular complexity index is 569. The number of thiazole rings is 1. The Balaban J connectivity index is 2.06. The lowest BCUT2D eigenvalue weighted by atomic mass is 10.2. The summed E-state index contributed by atoms with van der Waals surface area (Å²) in [5, 5.41) is 14.3. The highest BCUT2D eigenvalue weighted by molar-refractivity contribution is 7.13. The average Bonchev–Trinajstić information content (AvgIpc) is 2.76. The number of carboxylic acids is 1. The van der Waals surface area contributed by atoms with Crippen LogP contribution in [0.2, 0.25) is 0 Å². The molecular weight excluding hydrogens is 264 g/mol. The van der Waals surface area contributed by atoms with Crippen LogP contribution in [0.3, 0.4) is 0 Å². The van der Waals surface area contributed by atoms with Crippen molar-refractivity contribution < 1.29 is 14.6 Å². The van der Waals surface area contributed by atoms with E-state index in [1.165, 1.54) is 11.3 Å². The summed E-state index contributed by atoms with van der Waals surface area (Å²) in [7, 11) is 1.65. The molecule has 6 heteroatoms. The van der Waals surface area contributed by atoms with E-state index in [1.807, 2.05) is 24.3 Å². The van der Waals surface area contributed by atoms with Gasteiger partial charge in [0.15, 0.2) is 5.13 Å². The lowest BCUT2D eigenvalue weighted by Crippen LogP contribution is -2.00. The lowest BCUT2D eigenvalue weighted by molar-refractivity contribution is -0.136. The Morgan fingerprint density at radius 2 is 2.37 bits per heavy atom.